The Morgan fingerprint density at radius 1 is 1.53 bits per heavy atom. The molecule has 1 aliphatic heterocycles. The Morgan fingerprint density at radius 2 is 2.35 bits per heavy atom. The molecule has 2 N–H and O–H groups in total. The van der Waals surface area contributed by atoms with Crippen molar-refractivity contribution in [3.05, 3.63) is 29.6 Å². The zero-order chi connectivity index (χ0) is 12.3. The predicted octanol–water partition coefficient (Wildman–Crippen LogP) is 2.21. The molecule has 1 aliphatic rings. The Balaban J connectivity index is 1.92. The molecule has 2 rings (SSSR count). The number of hydrogen-bond donors (Lipinski definition) is 2. The maximum atomic E-state index is 13.1. The number of amides is 1. The molecule has 3 nitrogen and oxygen atoms in total. The first-order chi connectivity index (χ1) is 8.13. The summed E-state index contributed by atoms with van der Waals surface area (Å²) in [6, 6.07) is 4.81. The molecule has 0 spiro atoms. The summed E-state index contributed by atoms with van der Waals surface area (Å²) < 4.78 is 13.1. The summed E-state index contributed by atoms with van der Waals surface area (Å²) >= 11 is 0. The summed E-state index contributed by atoms with van der Waals surface area (Å²) in [7, 11) is 0. The normalized spacial score (nSPS) is 19.3. The second-order valence-corrected chi connectivity index (χ2v) is 4.56. The van der Waals surface area contributed by atoms with Gasteiger partial charge in [-0.15, -0.1) is 0 Å². The van der Waals surface area contributed by atoms with E-state index in [1.165, 1.54) is 12.1 Å². The van der Waals surface area contributed by atoms with Gasteiger partial charge in [-0.2, -0.15) is 0 Å². The van der Waals surface area contributed by atoms with Gasteiger partial charge in [0, 0.05) is 18.2 Å². The first kappa shape index (κ1) is 12.0. The fourth-order valence-corrected chi connectivity index (χ4v) is 2.18. The first-order valence-corrected chi connectivity index (χ1v) is 5.94. The third-order valence-electron chi connectivity index (χ3n) is 2.92. The zero-order valence-corrected chi connectivity index (χ0v) is 9.92. The SMILES string of the molecule is Cc1cc(F)cc(NC(=O)CC2CCCN2)c1. The summed E-state index contributed by atoms with van der Waals surface area (Å²) in [5.74, 6) is -0.381. The third-order valence-corrected chi connectivity index (χ3v) is 2.92. The number of carbonyl (C=O) groups is 1. The van der Waals surface area contributed by atoms with Gasteiger partial charge < -0.3 is 10.6 Å². The number of halogens is 1. The Labute approximate surface area is 100 Å². The van der Waals surface area contributed by atoms with Crippen LogP contribution in [0.15, 0.2) is 18.2 Å². The van der Waals surface area contributed by atoms with Crippen LogP contribution in [-0.2, 0) is 4.79 Å². The van der Waals surface area contributed by atoms with Crippen LogP contribution in [-0.4, -0.2) is 18.5 Å². The van der Waals surface area contributed by atoms with Crippen molar-refractivity contribution in [2.45, 2.75) is 32.2 Å². The van der Waals surface area contributed by atoms with Gasteiger partial charge in [0.1, 0.15) is 5.82 Å². The van der Waals surface area contributed by atoms with Crippen molar-refractivity contribution in [1.82, 2.24) is 5.32 Å². The molecule has 0 bridgehead atoms. The second kappa shape index (κ2) is 5.27. The number of carbonyl (C=O) groups excluding carboxylic acids is 1. The Morgan fingerprint density at radius 3 is 3.00 bits per heavy atom. The van der Waals surface area contributed by atoms with E-state index in [1.54, 1.807) is 13.0 Å². The molecule has 0 radical (unpaired) electrons. The standard InChI is InChI=1S/C13H17FN2O/c1-9-5-10(14)7-12(6-9)16-13(17)8-11-3-2-4-15-11/h5-7,11,15H,2-4,8H2,1H3,(H,16,17). The second-order valence-electron chi connectivity index (χ2n) is 4.56. The smallest absolute Gasteiger partial charge is 0.225 e. The van der Waals surface area contributed by atoms with Gasteiger partial charge in [0.25, 0.3) is 0 Å². The van der Waals surface area contributed by atoms with Crippen molar-refractivity contribution in [2.24, 2.45) is 0 Å². The molecule has 1 saturated heterocycles. The van der Waals surface area contributed by atoms with Crippen molar-refractivity contribution < 1.29 is 9.18 Å². The van der Waals surface area contributed by atoms with E-state index in [0.717, 1.165) is 24.9 Å². The maximum Gasteiger partial charge on any atom is 0.225 e. The largest absolute Gasteiger partial charge is 0.326 e. The van der Waals surface area contributed by atoms with Gasteiger partial charge in [-0.3, -0.25) is 4.79 Å². The minimum absolute atomic E-state index is 0.0607. The van der Waals surface area contributed by atoms with Crippen LogP contribution in [0.2, 0.25) is 0 Å². The molecule has 0 aliphatic carbocycles. The van der Waals surface area contributed by atoms with E-state index in [0.29, 0.717) is 12.1 Å². The van der Waals surface area contributed by atoms with Gasteiger partial charge in [0.2, 0.25) is 5.91 Å². The molecule has 1 aromatic carbocycles. The van der Waals surface area contributed by atoms with Gasteiger partial charge in [-0.1, -0.05) is 0 Å². The average molecular weight is 236 g/mol. The van der Waals surface area contributed by atoms with Crippen LogP contribution in [0.25, 0.3) is 0 Å². The van der Waals surface area contributed by atoms with Crippen LogP contribution >= 0.6 is 0 Å². The van der Waals surface area contributed by atoms with Crippen LogP contribution in [0, 0.1) is 12.7 Å². The number of benzene rings is 1. The number of anilines is 1. The van der Waals surface area contributed by atoms with Crippen LogP contribution < -0.4 is 10.6 Å². The molecular weight excluding hydrogens is 219 g/mol. The highest BCUT2D eigenvalue weighted by atomic mass is 19.1. The zero-order valence-electron chi connectivity index (χ0n) is 9.92. The lowest BCUT2D eigenvalue weighted by molar-refractivity contribution is -0.116. The summed E-state index contributed by atoms with van der Waals surface area (Å²) in [4.78, 5) is 11.7. The van der Waals surface area contributed by atoms with E-state index in [-0.39, 0.29) is 17.8 Å². The first-order valence-electron chi connectivity index (χ1n) is 5.94. The third kappa shape index (κ3) is 3.53. The molecule has 1 amide bonds. The van der Waals surface area contributed by atoms with Crippen LogP contribution in [0.5, 0.6) is 0 Å². The fraction of sp³-hybridized carbons (Fsp3) is 0.462. The maximum absolute atomic E-state index is 13.1. The number of nitrogens with one attached hydrogen (secondary N) is 2. The van der Waals surface area contributed by atoms with Crippen molar-refractivity contribution in [3.8, 4) is 0 Å². The van der Waals surface area contributed by atoms with Gasteiger partial charge in [0.05, 0.1) is 0 Å². The van der Waals surface area contributed by atoms with Crippen molar-refractivity contribution in [3.63, 3.8) is 0 Å². The quantitative estimate of drug-likeness (QED) is 0.844. The van der Waals surface area contributed by atoms with E-state index in [9.17, 15) is 9.18 Å². The summed E-state index contributed by atoms with van der Waals surface area (Å²) in [6.45, 7) is 2.79. The van der Waals surface area contributed by atoms with Gasteiger partial charge >= 0.3 is 0 Å². The summed E-state index contributed by atoms with van der Waals surface area (Å²) in [5.41, 5.74) is 1.34. The molecule has 4 heteroatoms. The monoisotopic (exact) mass is 236 g/mol. The molecule has 1 atom stereocenters. The predicted molar refractivity (Wildman–Crippen MR) is 65.4 cm³/mol. The van der Waals surface area contributed by atoms with E-state index < -0.39 is 0 Å². The number of aryl methyl sites for hydroxylation is 1. The molecule has 0 saturated carbocycles. The topological polar surface area (TPSA) is 41.1 Å². The van der Waals surface area contributed by atoms with Gasteiger partial charge in [-0.25, -0.2) is 4.39 Å². The number of rotatable bonds is 3. The average Bonchev–Trinajstić information content (AvgIpc) is 2.67. The fourth-order valence-electron chi connectivity index (χ4n) is 2.18. The highest BCUT2D eigenvalue weighted by Crippen LogP contribution is 2.15. The van der Waals surface area contributed by atoms with Crippen molar-refractivity contribution in [2.75, 3.05) is 11.9 Å². The Bertz CT molecular complexity index is 394. The van der Waals surface area contributed by atoms with Crippen LogP contribution in [0.4, 0.5) is 10.1 Å². The molecule has 1 aromatic rings. The number of hydrogen-bond acceptors (Lipinski definition) is 2. The lowest BCUT2D eigenvalue weighted by Crippen LogP contribution is -2.27. The lowest BCUT2D eigenvalue weighted by atomic mass is 10.1. The lowest BCUT2D eigenvalue weighted by Gasteiger charge is -2.10. The molecule has 92 valence electrons. The van der Waals surface area contributed by atoms with Crippen LogP contribution in [0.1, 0.15) is 24.8 Å². The molecule has 17 heavy (non-hydrogen) atoms. The molecule has 1 unspecified atom stereocenters. The Hall–Kier alpha value is -1.42. The minimum Gasteiger partial charge on any atom is -0.326 e. The van der Waals surface area contributed by atoms with Crippen molar-refractivity contribution >= 4 is 11.6 Å². The highest BCUT2D eigenvalue weighted by molar-refractivity contribution is 5.91. The molecule has 1 heterocycles. The molecule has 1 fully saturated rings. The van der Waals surface area contributed by atoms with Crippen LogP contribution in [0.3, 0.4) is 0 Å². The van der Waals surface area contributed by atoms with E-state index >= 15 is 0 Å². The highest BCUT2D eigenvalue weighted by Gasteiger charge is 2.17. The summed E-state index contributed by atoms with van der Waals surface area (Å²) in [6.07, 6.45) is 2.61. The molecular formula is C13H17FN2O. The van der Waals surface area contributed by atoms with E-state index in [4.69, 9.17) is 0 Å². The van der Waals surface area contributed by atoms with Gasteiger partial charge in [-0.05, 0) is 50.1 Å². The van der Waals surface area contributed by atoms with E-state index in [1.807, 2.05) is 0 Å². The Kier molecular flexibility index (Phi) is 3.74. The van der Waals surface area contributed by atoms with Gasteiger partial charge in [0.15, 0.2) is 0 Å². The summed E-state index contributed by atoms with van der Waals surface area (Å²) in [5, 5.41) is 5.99. The minimum atomic E-state index is -0.320. The molecule has 0 aromatic heterocycles. The van der Waals surface area contributed by atoms with E-state index in [2.05, 4.69) is 10.6 Å². The van der Waals surface area contributed by atoms with Crippen molar-refractivity contribution in [1.29, 1.82) is 0 Å².